The zero-order chi connectivity index (χ0) is 17.8. The first-order chi connectivity index (χ1) is 12.0. The third kappa shape index (κ3) is 5.19. The van der Waals surface area contributed by atoms with Gasteiger partial charge in [-0.15, -0.1) is 0 Å². The highest BCUT2D eigenvalue weighted by molar-refractivity contribution is 6.30. The number of nitrogens with zero attached hydrogens (tertiary/aromatic N) is 1. The van der Waals surface area contributed by atoms with E-state index in [0.717, 1.165) is 44.3 Å². The molecule has 1 unspecified atom stereocenters. The van der Waals surface area contributed by atoms with Gasteiger partial charge in [-0.25, -0.2) is 0 Å². The summed E-state index contributed by atoms with van der Waals surface area (Å²) in [5, 5.41) is 6.76. The van der Waals surface area contributed by atoms with Gasteiger partial charge < -0.3 is 10.6 Å². The van der Waals surface area contributed by atoms with Crippen LogP contribution in [-0.2, 0) is 16.1 Å². The summed E-state index contributed by atoms with van der Waals surface area (Å²) in [5.41, 5.74) is 1.03. The molecule has 1 aromatic rings. The lowest BCUT2D eigenvalue weighted by Gasteiger charge is -2.34. The standard InChI is InChI=1S/C19H26ClN3O2/c1-13(18(24)21-12-14-2-4-16(20)5-3-14)23-10-8-15(9-11-23)19(25)22-17-6-7-17/h2-5,13,15,17H,6-12H2,1H3,(H,21,24)(H,22,25). The fourth-order valence-corrected chi connectivity index (χ4v) is 3.33. The molecule has 1 saturated heterocycles. The third-order valence-electron chi connectivity index (χ3n) is 5.13. The van der Waals surface area contributed by atoms with Crippen molar-refractivity contribution in [1.82, 2.24) is 15.5 Å². The van der Waals surface area contributed by atoms with Crippen molar-refractivity contribution in [2.75, 3.05) is 13.1 Å². The van der Waals surface area contributed by atoms with Gasteiger partial charge in [0.15, 0.2) is 0 Å². The molecule has 0 aromatic heterocycles. The van der Waals surface area contributed by atoms with Crippen LogP contribution in [0.4, 0.5) is 0 Å². The maximum Gasteiger partial charge on any atom is 0.237 e. The maximum absolute atomic E-state index is 12.4. The van der Waals surface area contributed by atoms with Gasteiger partial charge in [-0.3, -0.25) is 14.5 Å². The monoisotopic (exact) mass is 363 g/mol. The van der Waals surface area contributed by atoms with Crippen molar-refractivity contribution in [2.45, 2.75) is 51.2 Å². The van der Waals surface area contributed by atoms with E-state index in [1.54, 1.807) is 0 Å². The summed E-state index contributed by atoms with van der Waals surface area (Å²) in [4.78, 5) is 26.7. The smallest absolute Gasteiger partial charge is 0.237 e. The van der Waals surface area contributed by atoms with E-state index in [0.29, 0.717) is 17.6 Å². The summed E-state index contributed by atoms with van der Waals surface area (Å²) >= 11 is 5.87. The highest BCUT2D eigenvalue weighted by atomic mass is 35.5. The first-order valence-electron chi connectivity index (χ1n) is 9.09. The molecule has 1 saturated carbocycles. The molecule has 2 aliphatic rings. The van der Waals surface area contributed by atoms with E-state index in [1.807, 2.05) is 31.2 Å². The normalized spacial score (nSPS) is 20.1. The Kier molecular flexibility index (Phi) is 5.97. The number of hydrogen-bond acceptors (Lipinski definition) is 3. The van der Waals surface area contributed by atoms with Crippen LogP contribution in [0.15, 0.2) is 24.3 Å². The largest absolute Gasteiger partial charge is 0.353 e. The van der Waals surface area contributed by atoms with E-state index in [1.165, 1.54) is 0 Å². The van der Waals surface area contributed by atoms with Crippen LogP contribution in [0.2, 0.25) is 5.02 Å². The Hall–Kier alpha value is -1.59. The number of rotatable bonds is 6. The number of benzene rings is 1. The Morgan fingerprint density at radius 3 is 2.40 bits per heavy atom. The molecule has 1 aliphatic heterocycles. The molecule has 1 aromatic carbocycles. The molecule has 1 atom stereocenters. The Morgan fingerprint density at radius 1 is 1.16 bits per heavy atom. The van der Waals surface area contributed by atoms with Crippen LogP contribution < -0.4 is 10.6 Å². The van der Waals surface area contributed by atoms with Crippen molar-refractivity contribution in [2.24, 2.45) is 5.92 Å². The maximum atomic E-state index is 12.4. The molecule has 0 bridgehead atoms. The first kappa shape index (κ1) is 18.2. The number of halogens is 1. The molecule has 25 heavy (non-hydrogen) atoms. The highest BCUT2D eigenvalue weighted by Gasteiger charge is 2.32. The van der Waals surface area contributed by atoms with Crippen molar-refractivity contribution in [3.8, 4) is 0 Å². The van der Waals surface area contributed by atoms with Gasteiger partial charge in [0.05, 0.1) is 6.04 Å². The molecule has 5 nitrogen and oxygen atoms in total. The quantitative estimate of drug-likeness (QED) is 0.815. The minimum absolute atomic E-state index is 0.0239. The lowest BCUT2D eigenvalue weighted by atomic mass is 9.95. The van der Waals surface area contributed by atoms with Crippen molar-refractivity contribution in [1.29, 1.82) is 0 Å². The van der Waals surface area contributed by atoms with Crippen LogP contribution in [0, 0.1) is 5.92 Å². The number of carbonyl (C=O) groups is 2. The zero-order valence-corrected chi connectivity index (χ0v) is 15.4. The van der Waals surface area contributed by atoms with E-state index in [2.05, 4.69) is 15.5 Å². The summed E-state index contributed by atoms with van der Waals surface area (Å²) in [6, 6.07) is 7.71. The van der Waals surface area contributed by atoms with Gasteiger partial charge in [0.25, 0.3) is 0 Å². The SMILES string of the molecule is CC(C(=O)NCc1ccc(Cl)cc1)N1CCC(C(=O)NC2CC2)CC1. The van der Waals surface area contributed by atoms with Crippen LogP contribution in [0.3, 0.4) is 0 Å². The second-order valence-electron chi connectivity index (χ2n) is 7.11. The summed E-state index contributed by atoms with van der Waals surface area (Å²) in [6.45, 7) is 4.01. The van der Waals surface area contributed by atoms with Gasteiger partial charge in [0, 0.05) is 23.5 Å². The molecule has 6 heteroatoms. The van der Waals surface area contributed by atoms with Crippen molar-refractivity contribution in [3.63, 3.8) is 0 Å². The van der Waals surface area contributed by atoms with Gasteiger partial charge in [-0.2, -0.15) is 0 Å². The van der Waals surface area contributed by atoms with Gasteiger partial charge in [0.1, 0.15) is 0 Å². The first-order valence-corrected chi connectivity index (χ1v) is 9.47. The molecule has 0 spiro atoms. The summed E-state index contributed by atoms with van der Waals surface area (Å²) in [5.74, 6) is 0.319. The second kappa shape index (κ2) is 8.19. The molecule has 0 radical (unpaired) electrons. The van der Waals surface area contributed by atoms with Crippen molar-refractivity contribution in [3.05, 3.63) is 34.9 Å². The molecule has 1 heterocycles. The third-order valence-corrected chi connectivity index (χ3v) is 5.38. The molecular weight excluding hydrogens is 338 g/mol. The number of hydrogen-bond donors (Lipinski definition) is 2. The number of piperidine rings is 1. The van der Waals surface area contributed by atoms with E-state index >= 15 is 0 Å². The molecule has 136 valence electrons. The zero-order valence-electron chi connectivity index (χ0n) is 14.6. The van der Waals surface area contributed by atoms with Gasteiger partial charge >= 0.3 is 0 Å². The van der Waals surface area contributed by atoms with Crippen LogP contribution in [0.5, 0.6) is 0 Å². The van der Waals surface area contributed by atoms with Gasteiger partial charge in [0.2, 0.25) is 11.8 Å². The molecular formula is C19H26ClN3O2. The van der Waals surface area contributed by atoms with E-state index in [-0.39, 0.29) is 23.8 Å². The summed E-state index contributed by atoms with van der Waals surface area (Å²) in [7, 11) is 0. The molecule has 3 rings (SSSR count). The average Bonchev–Trinajstić information content (AvgIpc) is 3.44. The fourth-order valence-electron chi connectivity index (χ4n) is 3.20. The molecule has 1 aliphatic carbocycles. The highest BCUT2D eigenvalue weighted by Crippen LogP contribution is 2.23. The molecule has 2 fully saturated rings. The number of nitrogens with one attached hydrogen (secondary N) is 2. The lowest BCUT2D eigenvalue weighted by Crippen LogP contribution is -2.49. The minimum Gasteiger partial charge on any atom is -0.353 e. The minimum atomic E-state index is -0.181. The molecule has 2 amide bonds. The van der Waals surface area contributed by atoms with Crippen LogP contribution in [-0.4, -0.2) is 41.9 Å². The Balaban J connectivity index is 1.41. The van der Waals surface area contributed by atoms with Crippen LogP contribution in [0.25, 0.3) is 0 Å². The Morgan fingerprint density at radius 2 is 1.80 bits per heavy atom. The van der Waals surface area contributed by atoms with Crippen molar-refractivity contribution < 1.29 is 9.59 Å². The Labute approximate surface area is 154 Å². The predicted molar refractivity (Wildman–Crippen MR) is 98.2 cm³/mol. The van der Waals surface area contributed by atoms with Crippen LogP contribution >= 0.6 is 11.6 Å². The average molecular weight is 364 g/mol. The van der Waals surface area contributed by atoms with Crippen molar-refractivity contribution >= 4 is 23.4 Å². The topological polar surface area (TPSA) is 61.4 Å². The summed E-state index contributed by atoms with van der Waals surface area (Å²) < 4.78 is 0. The van der Waals surface area contributed by atoms with Crippen LogP contribution in [0.1, 0.15) is 38.2 Å². The fraction of sp³-hybridized carbons (Fsp3) is 0.579. The van der Waals surface area contributed by atoms with Gasteiger partial charge in [-0.1, -0.05) is 23.7 Å². The number of likely N-dealkylation sites (tertiary alicyclic amines) is 1. The number of amides is 2. The van der Waals surface area contributed by atoms with Gasteiger partial charge in [-0.05, 0) is 63.4 Å². The van der Waals surface area contributed by atoms with E-state index < -0.39 is 0 Å². The van der Waals surface area contributed by atoms with E-state index in [4.69, 9.17) is 11.6 Å². The second-order valence-corrected chi connectivity index (χ2v) is 7.55. The van der Waals surface area contributed by atoms with E-state index in [9.17, 15) is 9.59 Å². The predicted octanol–water partition coefficient (Wildman–Crippen LogP) is 2.34. The summed E-state index contributed by atoms with van der Waals surface area (Å²) in [6.07, 6.45) is 3.89. The molecule has 2 N–H and O–H groups in total. The lowest BCUT2D eigenvalue weighted by molar-refractivity contribution is -0.128. The number of carbonyl (C=O) groups excluding carboxylic acids is 2. The Bertz CT molecular complexity index is 608.